The van der Waals surface area contributed by atoms with Crippen LogP contribution in [-0.2, 0) is 0 Å². The summed E-state index contributed by atoms with van der Waals surface area (Å²) in [4.78, 5) is 0. The molecule has 1 N–H and O–H groups in total. The van der Waals surface area contributed by atoms with Crippen LogP contribution in [0.1, 0.15) is 26.7 Å². The summed E-state index contributed by atoms with van der Waals surface area (Å²) < 4.78 is 0. The van der Waals surface area contributed by atoms with Crippen LogP contribution in [-0.4, -0.2) is 12.2 Å². The van der Waals surface area contributed by atoms with E-state index in [1.807, 2.05) is 0 Å². The van der Waals surface area contributed by atoms with Gasteiger partial charge in [0.2, 0.25) is 0 Å². The molecule has 6 heavy (non-hydrogen) atoms. The lowest BCUT2D eigenvalue weighted by molar-refractivity contribution is 0.399. The molecular weight excluding hydrogens is 76.1 g/mol. The molecule has 0 bridgehead atoms. The van der Waals surface area contributed by atoms with Crippen molar-refractivity contribution in [2.75, 3.05) is 7.11 Å². The van der Waals surface area contributed by atoms with Crippen molar-refractivity contribution in [2.24, 2.45) is 0 Å². The van der Waals surface area contributed by atoms with E-state index in [-0.39, 0.29) is 7.43 Å². The lowest BCUT2D eigenvalue weighted by atomic mass is 11.0. The highest BCUT2D eigenvalue weighted by Crippen LogP contribution is 2.14. The minimum absolute atomic E-state index is 0. The second kappa shape index (κ2) is 8.88. The van der Waals surface area contributed by atoms with Gasteiger partial charge in [-0.05, 0) is 0 Å². The molecule has 0 aromatic carbocycles. The first kappa shape index (κ1) is 9.35. The van der Waals surface area contributed by atoms with Gasteiger partial charge < -0.3 is 5.11 Å². The van der Waals surface area contributed by atoms with Crippen LogP contribution in [0.4, 0.5) is 0 Å². The summed E-state index contributed by atoms with van der Waals surface area (Å²) in [5.74, 6) is 0. The molecule has 0 spiro atoms. The molecular formula is C5H14O. The highest BCUT2D eigenvalue weighted by atomic mass is 16.2. The molecule has 0 atom stereocenters. The van der Waals surface area contributed by atoms with Gasteiger partial charge in [-0.1, -0.05) is 26.7 Å². The quantitative estimate of drug-likeness (QED) is 0.477. The number of rotatable bonds is 0. The first-order chi connectivity index (χ1) is 2.50. The van der Waals surface area contributed by atoms with Crippen LogP contribution < -0.4 is 0 Å². The van der Waals surface area contributed by atoms with E-state index in [4.69, 9.17) is 5.11 Å². The van der Waals surface area contributed by atoms with E-state index in [9.17, 15) is 0 Å². The SMILES string of the molecule is C.C1CC1.CO. The highest BCUT2D eigenvalue weighted by Gasteiger charge is 1.95. The largest absolute Gasteiger partial charge is 0.400 e. The maximum atomic E-state index is 7.00. The van der Waals surface area contributed by atoms with Crippen molar-refractivity contribution < 1.29 is 5.11 Å². The smallest absolute Gasteiger partial charge is 0.0319 e. The van der Waals surface area contributed by atoms with Crippen molar-refractivity contribution >= 4 is 0 Å². The molecule has 0 aliphatic heterocycles. The summed E-state index contributed by atoms with van der Waals surface area (Å²) in [5, 5.41) is 7.00. The van der Waals surface area contributed by atoms with E-state index in [0.717, 1.165) is 7.11 Å². The minimum Gasteiger partial charge on any atom is -0.400 e. The topological polar surface area (TPSA) is 20.2 Å². The van der Waals surface area contributed by atoms with Crippen LogP contribution in [0.3, 0.4) is 0 Å². The normalized spacial score (nSPS) is 13.0. The Morgan fingerprint density at radius 2 is 1.17 bits per heavy atom. The number of hydrogen-bond donors (Lipinski definition) is 1. The van der Waals surface area contributed by atoms with Crippen LogP contribution in [0.25, 0.3) is 0 Å². The number of hydrogen-bond acceptors (Lipinski definition) is 1. The van der Waals surface area contributed by atoms with Gasteiger partial charge in [-0.15, -0.1) is 0 Å². The van der Waals surface area contributed by atoms with Crippen molar-refractivity contribution in [2.45, 2.75) is 26.7 Å². The van der Waals surface area contributed by atoms with Gasteiger partial charge in [-0.2, -0.15) is 0 Å². The summed E-state index contributed by atoms with van der Waals surface area (Å²) in [7, 11) is 1.00. The molecule has 0 saturated heterocycles. The summed E-state index contributed by atoms with van der Waals surface area (Å²) in [6.45, 7) is 0. The van der Waals surface area contributed by atoms with Crippen LogP contribution >= 0.6 is 0 Å². The monoisotopic (exact) mass is 90.1 g/mol. The molecule has 1 aliphatic carbocycles. The standard InChI is InChI=1S/C3H6.CH4O.CH4/c1-2-3-1;1-2;/h1-3H2;2H,1H3;1H4. The lowest BCUT2D eigenvalue weighted by Crippen LogP contribution is -1.25. The van der Waals surface area contributed by atoms with E-state index in [1.54, 1.807) is 0 Å². The van der Waals surface area contributed by atoms with Crippen LogP contribution in [0, 0.1) is 0 Å². The molecule has 0 aromatic heterocycles. The number of aliphatic hydroxyl groups excluding tert-OH is 1. The zero-order valence-electron chi connectivity index (χ0n) is 3.57. The summed E-state index contributed by atoms with van der Waals surface area (Å²) in [5.41, 5.74) is 0. The lowest BCUT2D eigenvalue weighted by Gasteiger charge is -1.21. The molecule has 1 rings (SSSR count). The van der Waals surface area contributed by atoms with E-state index in [2.05, 4.69) is 0 Å². The Morgan fingerprint density at radius 1 is 1.00 bits per heavy atom. The summed E-state index contributed by atoms with van der Waals surface area (Å²) in [6.07, 6.45) is 4.50. The first-order valence-electron chi connectivity index (χ1n) is 1.95. The second-order valence-corrected chi connectivity index (χ2v) is 1.06. The van der Waals surface area contributed by atoms with Crippen LogP contribution in [0.5, 0.6) is 0 Å². The Morgan fingerprint density at radius 3 is 1.17 bits per heavy atom. The first-order valence-corrected chi connectivity index (χ1v) is 1.95. The van der Waals surface area contributed by atoms with Crippen molar-refractivity contribution in [1.82, 2.24) is 0 Å². The average Bonchev–Trinajstić information content (AvgIpc) is 2.19. The zero-order valence-corrected chi connectivity index (χ0v) is 3.57. The molecule has 0 aromatic rings. The molecule has 1 fully saturated rings. The molecule has 1 nitrogen and oxygen atoms in total. The molecule has 0 radical (unpaired) electrons. The molecule has 1 aliphatic rings. The zero-order chi connectivity index (χ0) is 4.12. The minimum atomic E-state index is 0. The van der Waals surface area contributed by atoms with Gasteiger partial charge in [-0.3, -0.25) is 0 Å². The highest BCUT2D eigenvalue weighted by molar-refractivity contribution is 4.50. The van der Waals surface area contributed by atoms with Gasteiger partial charge in [0.1, 0.15) is 0 Å². The molecule has 1 heteroatoms. The predicted molar refractivity (Wildman–Crippen MR) is 28.7 cm³/mol. The van der Waals surface area contributed by atoms with Crippen LogP contribution in [0.2, 0.25) is 0 Å². The van der Waals surface area contributed by atoms with Gasteiger partial charge in [0.25, 0.3) is 0 Å². The van der Waals surface area contributed by atoms with E-state index in [0.29, 0.717) is 0 Å². The van der Waals surface area contributed by atoms with E-state index >= 15 is 0 Å². The molecule has 1 saturated carbocycles. The fourth-order valence-corrected chi connectivity index (χ4v) is 0. The summed E-state index contributed by atoms with van der Waals surface area (Å²) in [6, 6.07) is 0. The third kappa shape index (κ3) is 37.6. The summed E-state index contributed by atoms with van der Waals surface area (Å²) >= 11 is 0. The van der Waals surface area contributed by atoms with Gasteiger partial charge in [0.05, 0.1) is 0 Å². The average molecular weight is 90.2 g/mol. The maximum absolute atomic E-state index is 7.00. The van der Waals surface area contributed by atoms with Gasteiger partial charge in [0.15, 0.2) is 0 Å². The fourth-order valence-electron chi connectivity index (χ4n) is 0. The number of aliphatic hydroxyl groups is 1. The maximum Gasteiger partial charge on any atom is 0.0319 e. The van der Waals surface area contributed by atoms with Crippen molar-refractivity contribution in [3.63, 3.8) is 0 Å². The third-order valence-corrected chi connectivity index (χ3v) is 0.354. The Kier molecular flexibility index (Phi) is 13.8. The molecule has 0 heterocycles. The molecule has 0 amide bonds. The fraction of sp³-hybridized carbons (Fsp3) is 1.00. The second-order valence-electron chi connectivity index (χ2n) is 1.06. The Labute approximate surface area is 40.0 Å². The third-order valence-electron chi connectivity index (χ3n) is 0.354. The predicted octanol–water partition coefficient (Wildman–Crippen LogP) is 1.41. The Bertz CT molecular complexity index is 8.66. The van der Waals surface area contributed by atoms with Gasteiger partial charge >= 0.3 is 0 Å². The molecule has 0 unspecified atom stereocenters. The molecule has 40 valence electrons. The van der Waals surface area contributed by atoms with Crippen molar-refractivity contribution in [3.8, 4) is 0 Å². The van der Waals surface area contributed by atoms with Crippen molar-refractivity contribution in [3.05, 3.63) is 0 Å². The van der Waals surface area contributed by atoms with E-state index < -0.39 is 0 Å². The van der Waals surface area contributed by atoms with Crippen LogP contribution in [0.15, 0.2) is 0 Å². The Balaban J connectivity index is 0. The Hall–Kier alpha value is -0.0400. The van der Waals surface area contributed by atoms with Gasteiger partial charge in [-0.25, -0.2) is 0 Å². The van der Waals surface area contributed by atoms with Gasteiger partial charge in [0, 0.05) is 7.11 Å². The van der Waals surface area contributed by atoms with E-state index in [1.165, 1.54) is 19.3 Å². The van der Waals surface area contributed by atoms with Crippen molar-refractivity contribution in [1.29, 1.82) is 0 Å².